The summed E-state index contributed by atoms with van der Waals surface area (Å²) >= 11 is 0. The number of aromatic amines is 1. The predicted octanol–water partition coefficient (Wildman–Crippen LogP) is 5.96. The first-order valence-electron chi connectivity index (χ1n) is 12.4. The highest BCUT2D eigenvalue weighted by Crippen LogP contribution is 2.36. The third kappa shape index (κ3) is 4.88. The van der Waals surface area contributed by atoms with E-state index in [9.17, 15) is 18.0 Å². The number of alkyl halides is 3. The number of nitrogens with one attached hydrogen (secondary N) is 3. The van der Waals surface area contributed by atoms with Crippen LogP contribution in [0.25, 0.3) is 22.5 Å². The summed E-state index contributed by atoms with van der Waals surface area (Å²) in [6.07, 6.45) is 4.80. The number of fused-ring (bicyclic) bond motifs is 1. The molecule has 41 heavy (non-hydrogen) atoms. The van der Waals surface area contributed by atoms with Crippen molar-refractivity contribution in [2.24, 2.45) is 0 Å². The Morgan fingerprint density at radius 3 is 2.51 bits per heavy atom. The normalized spacial score (nSPS) is 11.6. The molecule has 0 aliphatic rings. The summed E-state index contributed by atoms with van der Waals surface area (Å²) in [6.45, 7) is 3.47. The Labute approximate surface area is 230 Å². The first-order chi connectivity index (χ1) is 19.7. The number of aromatic nitrogens is 7. The third-order valence-corrected chi connectivity index (χ3v) is 6.59. The van der Waals surface area contributed by atoms with Gasteiger partial charge in [-0.3, -0.25) is 9.36 Å². The van der Waals surface area contributed by atoms with Crippen molar-refractivity contribution in [2.45, 2.75) is 20.0 Å². The Morgan fingerprint density at radius 1 is 0.927 bits per heavy atom. The van der Waals surface area contributed by atoms with Crippen molar-refractivity contribution in [2.75, 3.05) is 10.6 Å². The maximum Gasteiger partial charge on any atom is 0.418 e. The topological polar surface area (TPSA) is 118 Å². The maximum atomic E-state index is 13.9. The molecule has 2 aromatic carbocycles. The van der Waals surface area contributed by atoms with Gasteiger partial charge in [0.2, 0.25) is 5.95 Å². The molecule has 0 aliphatic carbocycles. The predicted molar refractivity (Wildman–Crippen MR) is 147 cm³/mol. The molecule has 0 radical (unpaired) electrons. The van der Waals surface area contributed by atoms with Crippen LogP contribution in [0.5, 0.6) is 0 Å². The van der Waals surface area contributed by atoms with E-state index in [-0.39, 0.29) is 16.9 Å². The molecular weight excluding hydrogens is 535 g/mol. The van der Waals surface area contributed by atoms with Gasteiger partial charge in [-0.1, -0.05) is 6.07 Å². The van der Waals surface area contributed by atoms with Gasteiger partial charge in [-0.15, -0.1) is 0 Å². The summed E-state index contributed by atoms with van der Waals surface area (Å²) in [4.78, 5) is 33.2. The number of amides is 1. The number of H-pyrrole nitrogens is 1. The van der Waals surface area contributed by atoms with Crippen LogP contribution in [-0.4, -0.2) is 40.0 Å². The number of aryl methyl sites for hydroxylation is 2. The molecule has 0 unspecified atom stereocenters. The molecule has 206 valence electrons. The minimum absolute atomic E-state index is 0.00810. The van der Waals surface area contributed by atoms with E-state index in [4.69, 9.17) is 0 Å². The van der Waals surface area contributed by atoms with E-state index in [1.807, 2.05) is 13.0 Å². The van der Waals surface area contributed by atoms with E-state index >= 15 is 0 Å². The Bertz CT molecular complexity index is 1900. The van der Waals surface area contributed by atoms with Crippen molar-refractivity contribution in [3.8, 4) is 11.5 Å². The summed E-state index contributed by atoms with van der Waals surface area (Å²) in [7, 11) is 0. The molecule has 1 amide bonds. The maximum absolute atomic E-state index is 13.9. The van der Waals surface area contributed by atoms with Crippen molar-refractivity contribution < 1.29 is 18.0 Å². The standard InChI is InChI=1S/C28H22F3N9O/c1-16-3-4-18(13-22(16)38-27-34-10-12-40(27)25-20-7-8-33-24(20)35-15-36-25)26(41)37-19-5-6-23(21(14-19)28(29,30)31)39-11-9-32-17(39)2/h3-15H,1-2H3,(H,34,38)(H,37,41)(H,33,35,36). The number of halogens is 3. The average Bonchev–Trinajstić information content (AvgIpc) is 3.70. The number of benzene rings is 2. The van der Waals surface area contributed by atoms with Gasteiger partial charge in [0.05, 0.1) is 16.6 Å². The fraction of sp³-hybridized carbons (Fsp3) is 0.107. The van der Waals surface area contributed by atoms with Crippen LogP contribution in [0.1, 0.15) is 27.3 Å². The molecule has 10 nitrogen and oxygen atoms in total. The minimum Gasteiger partial charge on any atom is -0.346 e. The summed E-state index contributed by atoms with van der Waals surface area (Å²) in [5.74, 6) is 0.899. The fourth-order valence-corrected chi connectivity index (χ4v) is 4.52. The summed E-state index contributed by atoms with van der Waals surface area (Å²) in [5.41, 5.74) is 1.37. The number of hydrogen-bond donors (Lipinski definition) is 3. The highest BCUT2D eigenvalue weighted by atomic mass is 19.4. The van der Waals surface area contributed by atoms with E-state index < -0.39 is 17.6 Å². The lowest BCUT2D eigenvalue weighted by molar-refractivity contribution is -0.137. The van der Waals surface area contributed by atoms with Crippen molar-refractivity contribution in [1.82, 2.24) is 34.1 Å². The summed E-state index contributed by atoms with van der Waals surface area (Å²) in [5, 5.41) is 6.62. The minimum atomic E-state index is -4.65. The number of nitrogens with zero attached hydrogens (tertiary/aromatic N) is 6. The molecule has 4 aromatic heterocycles. The molecule has 3 N–H and O–H groups in total. The van der Waals surface area contributed by atoms with Crippen LogP contribution < -0.4 is 10.6 Å². The third-order valence-electron chi connectivity index (χ3n) is 6.59. The molecule has 13 heteroatoms. The average molecular weight is 558 g/mol. The van der Waals surface area contributed by atoms with E-state index in [2.05, 4.69) is 35.6 Å². The van der Waals surface area contributed by atoms with Crippen LogP contribution in [0, 0.1) is 13.8 Å². The van der Waals surface area contributed by atoms with Gasteiger partial charge in [-0.05, 0) is 55.8 Å². The number of hydrogen-bond acceptors (Lipinski definition) is 6. The van der Waals surface area contributed by atoms with Crippen LogP contribution in [0.4, 0.5) is 30.5 Å². The number of carbonyl (C=O) groups excluding carboxylic acids is 1. The summed E-state index contributed by atoms with van der Waals surface area (Å²) in [6, 6.07) is 10.5. The van der Waals surface area contributed by atoms with Crippen molar-refractivity contribution in [1.29, 1.82) is 0 Å². The van der Waals surface area contributed by atoms with Crippen molar-refractivity contribution in [3.05, 3.63) is 102 Å². The molecule has 0 saturated heterocycles. The molecule has 6 aromatic rings. The van der Waals surface area contributed by atoms with Crippen LogP contribution in [0.15, 0.2) is 79.8 Å². The highest BCUT2D eigenvalue weighted by Gasteiger charge is 2.34. The second-order valence-corrected chi connectivity index (χ2v) is 9.24. The Morgan fingerprint density at radius 2 is 1.73 bits per heavy atom. The lowest BCUT2D eigenvalue weighted by Gasteiger charge is -2.17. The van der Waals surface area contributed by atoms with Gasteiger partial charge in [0.1, 0.15) is 17.8 Å². The molecule has 0 spiro atoms. The van der Waals surface area contributed by atoms with Crippen LogP contribution in [0.3, 0.4) is 0 Å². The molecule has 0 aliphatic heterocycles. The summed E-state index contributed by atoms with van der Waals surface area (Å²) < 4.78 is 44.9. The molecule has 0 atom stereocenters. The zero-order chi connectivity index (χ0) is 28.7. The van der Waals surface area contributed by atoms with Gasteiger partial charge < -0.3 is 20.2 Å². The van der Waals surface area contributed by atoms with Gasteiger partial charge >= 0.3 is 6.18 Å². The zero-order valence-corrected chi connectivity index (χ0v) is 21.7. The number of carbonyl (C=O) groups is 1. The fourth-order valence-electron chi connectivity index (χ4n) is 4.52. The second kappa shape index (κ2) is 9.93. The number of anilines is 3. The largest absolute Gasteiger partial charge is 0.418 e. The monoisotopic (exact) mass is 557 g/mol. The van der Waals surface area contributed by atoms with Gasteiger partial charge in [0.15, 0.2) is 5.82 Å². The van der Waals surface area contributed by atoms with E-state index in [0.29, 0.717) is 28.9 Å². The smallest absolute Gasteiger partial charge is 0.346 e. The molecule has 6 rings (SSSR count). The molecule has 0 bridgehead atoms. The van der Waals surface area contributed by atoms with Gasteiger partial charge in [-0.2, -0.15) is 13.2 Å². The molecule has 4 heterocycles. The van der Waals surface area contributed by atoms with Crippen molar-refractivity contribution in [3.63, 3.8) is 0 Å². The Hall–Kier alpha value is -5.46. The zero-order valence-electron chi connectivity index (χ0n) is 21.7. The highest BCUT2D eigenvalue weighted by molar-refractivity contribution is 6.05. The lowest BCUT2D eigenvalue weighted by atomic mass is 10.1. The molecular formula is C28H22F3N9O. The number of rotatable bonds is 6. The van der Waals surface area contributed by atoms with E-state index in [1.165, 1.54) is 35.4 Å². The van der Waals surface area contributed by atoms with E-state index in [0.717, 1.165) is 17.0 Å². The molecule has 0 saturated carbocycles. The van der Waals surface area contributed by atoms with Gasteiger partial charge in [-0.25, -0.2) is 19.9 Å². The number of imidazole rings is 2. The van der Waals surface area contributed by atoms with Crippen LogP contribution >= 0.6 is 0 Å². The molecule has 0 fully saturated rings. The second-order valence-electron chi connectivity index (χ2n) is 9.24. The Balaban J connectivity index is 1.27. The first kappa shape index (κ1) is 25.8. The lowest BCUT2D eigenvalue weighted by Crippen LogP contribution is -2.15. The SMILES string of the molecule is Cc1ccc(C(=O)Nc2ccc(-n3ccnc3C)c(C(F)(F)F)c2)cc1Nc1nccn1-c1ncnc2[nH]ccc12. The van der Waals surface area contributed by atoms with Gasteiger partial charge in [0, 0.05) is 47.9 Å². The van der Waals surface area contributed by atoms with Crippen molar-refractivity contribution >= 4 is 34.3 Å². The van der Waals surface area contributed by atoms with Crippen LogP contribution in [0.2, 0.25) is 0 Å². The quantitative estimate of drug-likeness (QED) is 0.233. The Kier molecular flexibility index (Phi) is 6.25. The van der Waals surface area contributed by atoms with Crippen LogP contribution in [-0.2, 0) is 6.18 Å². The first-order valence-corrected chi connectivity index (χ1v) is 12.4. The van der Waals surface area contributed by atoms with E-state index in [1.54, 1.807) is 48.3 Å². The van der Waals surface area contributed by atoms with Gasteiger partial charge in [0.25, 0.3) is 5.91 Å².